The summed E-state index contributed by atoms with van der Waals surface area (Å²) >= 11 is 13.3. The molecule has 0 radical (unpaired) electrons. The molecule has 0 saturated heterocycles. The number of nitrogens with zero attached hydrogens (tertiary/aromatic N) is 1. The summed E-state index contributed by atoms with van der Waals surface area (Å²) in [6.45, 7) is 0. The first-order valence-electron chi connectivity index (χ1n) is 6.28. The highest BCUT2D eigenvalue weighted by Crippen LogP contribution is 2.34. The zero-order valence-corrected chi connectivity index (χ0v) is 13.7. The number of rotatable bonds is 3. The molecule has 0 unspecified atom stereocenters. The average Bonchev–Trinajstić information content (AvgIpc) is 2.87. The van der Waals surface area contributed by atoms with Gasteiger partial charge in [-0.05, 0) is 24.3 Å². The molecular formula is C15H10Cl2N2O2S. The summed E-state index contributed by atoms with van der Waals surface area (Å²) in [4.78, 5) is 16.5. The van der Waals surface area contributed by atoms with Crippen molar-refractivity contribution in [3.05, 3.63) is 52.0 Å². The monoisotopic (exact) mass is 352 g/mol. The Bertz CT molecular complexity index is 864. The average molecular weight is 353 g/mol. The minimum absolute atomic E-state index is 0.264. The van der Waals surface area contributed by atoms with Gasteiger partial charge in [0.1, 0.15) is 5.75 Å². The smallest absolute Gasteiger partial charge is 0.257 e. The van der Waals surface area contributed by atoms with Gasteiger partial charge in [0.15, 0.2) is 5.13 Å². The predicted molar refractivity (Wildman–Crippen MR) is 90.6 cm³/mol. The van der Waals surface area contributed by atoms with Crippen molar-refractivity contribution in [2.45, 2.75) is 0 Å². The van der Waals surface area contributed by atoms with Crippen molar-refractivity contribution >= 4 is 55.8 Å². The predicted octanol–water partition coefficient (Wildman–Crippen LogP) is 4.86. The van der Waals surface area contributed by atoms with Gasteiger partial charge in [0.2, 0.25) is 0 Å². The number of benzene rings is 2. The molecule has 0 aliphatic carbocycles. The summed E-state index contributed by atoms with van der Waals surface area (Å²) in [5, 5.41) is 4.24. The van der Waals surface area contributed by atoms with E-state index in [1.165, 1.54) is 11.3 Å². The number of carbonyl (C=O) groups excluding carboxylic acids is 1. The normalized spacial score (nSPS) is 10.7. The highest BCUT2D eigenvalue weighted by atomic mass is 35.5. The van der Waals surface area contributed by atoms with Gasteiger partial charge in [-0.2, -0.15) is 0 Å². The maximum absolute atomic E-state index is 12.2. The third-order valence-corrected chi connectivity index (χ3v) is 4.43. The number of hydrogen-bond donors (Lipinski definition) is 1. The van der Waals surface area contributed by atoms with Crippen LogP contribution in [0.25, 0.3) is 10.2 Å². The second kappa shape index (κ2) is 6.12. The SMILES string of the molecule is COc1cc2sc(NC(=O)c3cccc(Cl)c3)nc2cc1Cl. The highest BCUT2D eigenvalue weighted by molar-refractivity contribution is 7.22. The van der Waals surface area contributed by atoms with Crippen LogP contribution in [0.1, 0.15) is 10.4 Å². The van der Waals surface area contributed by atoms with Crippen molar-refractivity contribution in [3.63, 3.8) is 0 Å². The van der Waals surface area contributed by atoms with Crippen LogP contribution in [-0.2, 0) is 0 Å². The summed E-state index contributed by atoms with van der Waals surface area (Å²) in [5.74, 6) is 0.310. The first-order chi connectivity index (χ1) is 10.6. The van der Waals surface area contributed by atoms with E-state index in [0.717, 1.165) is 4.70 Å². The Balaban J connectivity index is 1.89. The number of fused-ring (bicyclic) bond motifs is 1. The molecule has 2 aromatic carbocycles. The molecule has 22 heavy (non-hydrogen) atoms. The van der Waals surface area contributed by atoms with Gasteiger partial charge in [-0.25, -0.2) is 4.98 Å². The minimum atomic E-state index is -0.264. The van der Waals surface area contributed by atoms with E-state index >= 15 is 0 Å². The maximum atomic E-state index is 12.2. The van der Waals surface area contributed by atoms with Crippen LogP contribution in [0.3, 0.4) is 0 Å². The minimum Gasteiger partial charge on any atom is -0.495 e. The van der Waals surface area contributed by atoms with E-state index in [0.29, 0.717) is 32.0 Å². The molecule has 1 amide bonds. The van der Waals surface area contributed by atoms with E-state index in [-0.39, 0.29) is 5.91 Å². The van der Waals surface area contributed by atoms with Gasteiger partial charge >= 0.3 is 0 Å². The zero-order chi connectivity index (χ0) is 15.7. The van der Waals surface area contributed by atoms with E-state index in [2.05, 4.69) is 10.3 Å². The topological polar surface area (TPSA) is 51.2 Å². The lowest BCUT2D eigenvalue weighted by Crippen LogP contribution is -2.11. The Morgan fingerprint density at radius 3 is 2.82 bits per heavy atom. The number of aromatic nitrogens is 1. The summed E-state index contributed by atoms with van der Waals surface area (Å²) < 4.78 is 6.05. The number of halogens is 2. The van der Waals surface area contributed by atoms with Crippen molar-refractivity contribution in [3.8, 4) is 5.75 Å². The van der Waals surface area contributed by atoms with Gasteiger partial charge in [0.05, 0.1) is 22.3 Å². The molecule has 4 nitrogen and oxygen atoms in total. The summed E-state index contributed by atoms with van der Waals surface area (Å²) in [7, 11) is 1.55. The molecule has 0 aliphatic heterocycles. The van der Waals surface area contributed by atoms with Crippen molar-refractivity contribution in [1.82, 2.24) is 4.98 Å². The fourth-order valence-corrected chi connectivity index (χ4v) is 3.24. The molecule has 0 spiro atoms. The van der Waals surface area contributed by atoms with E-state index in [4.69, 9.17) is 27.9 Å². The van der Waals surface area contributed by atoms with Crippen LogP contribution in [0.5, 0.6) is 5.75 Å². The molecule has 0 saturated carbocycles. The molecule has 7 heteroatoms. The Morgan fingerprint density at radius 1 is 1.27 bits per heavy atom. The number of thiazole rings is 1. The van der Waals surface area contributed by atoms with Crippen LogP contribution >= 0.6 is 34.5 Å². The maximum Gasteiger partial charge on any atom is 0.257 e. The fourth-order valence-electron chi connectivity index (χ4n) is 1.94. The molecule has 0 aliphatic rings. The molecule has 1 aromatic heterocycles. The van der Waals surface area contributed by atoms with Crippen LogP contribution in [0.4, 0.5) is 5.13 Å². The molecule has 0 fully saturated rings. The van der Waals surface area contributed by atoms with E-state index < -0.39 is 0 Å². The van der Waals surface area contributed by atoms with Gasteiger partial charge in [0, 0.05) is 16.7 Å². The van der Waals surface area contributed by atoms with E-state index in [9.17, 15) is 4.79 Å². The molecule has 1 heterocycles. The Morgan fingerprint density at radius 2 is 2.09 bits per heavy atom. The third kappa shape index (κ3) is 3.02. The lowest BCUT2D eigenvalue weighted by atomic mass is 10.2. The number of methoxy groups -OCH3 is 1. The second-order valence-electron chi connectivity index (χ2n) is 4.44. The molecule has 0 bridgehead atoms. The lowest BCUT2D eigenvalue weighted by molar-refractivity contribution is 0.102. The molecular weight excluding hydrogens is 343 g/mol. The van der Waals surface area contributed by atoms with Crippen LogP contribution in [-0.4, -0.2) is 18.0 Å². The van der Waals surface area contributed by atoms with Crippen LogP contribution in [0.15, 0.2) is 36.4 Å². The Hall–Kier alpha value is -1.82. The van der Waals surface area contributed by atoms with Crippen LogP contribution < -0.4 is 10.1 Å². The number of hydrogen-bond acceptors (Lipinski definition) is 4. The molecule has 112 valence electrons. The van der Waals surface area contributed by atoms with Crippen LogP contribution in [0.2, 0.25) is 10.0 Å². The van der Waals surface area contributed by atoms with Crippen LogP contribution in [0, 0.1) is 0 Å². The number of carbonyl (C=O) groups is 1. The van der Waals surface area contributed by atoms with Gasteiger partial charge in [-0.1, -0.05) is 40.6 Å². The van der Waals surface area contributed by atoms with Crippen molar-refractivity contribution in [2.24, 2.45) is 0 Å². The standard InChI is InChI=1S/C15H10Cl2N2O2S/c1-21-12-7-13-11(6-10(12)17)18-15(22-13)19-14(20)8-3-2-4-9(16)5-8/h2-7H,1H3,(H,18,19,20). The molecule has 3 rings (SSSR count). The first-order valence-corrected chi connectivity index (χ1v) is 7.85. The highest BCUT2D eigenvalue weighted by Gasteiger charge is 2.12. The molecule has 1 N–H and O–H groups in total. The van der Waals surface area contributed by atoms with E-state index in [1.807, 2.05) is 0 Å². The first kappa shape index (κ1) is 15.1. The number of nitrogens with one attached hydrogen (secondary N) is 1. The van der Waals surface area contributed by atoms with Gasteiger partial charge in [-0.15, -0.1) is 0 Å². The number of anilines is 1. The Kier molecular flexibility index (Phi) is 4.20. The van der Waals surface area contributed by atoms with Gasteiger partial charge in [0.25, 0.3) is 5.91 Å². The molecule has 0 atom stereocenters. The summed E-state index contributed by atoms with van der Waals surface area (Å²) in [5.41, 5.74) is 1.18. The Labute approximate surface area is 140 Å². The van der Waals surface area contributed by atoms with Gasteiger partial charge < -0.3 is 4.74 Å². The number of ether oxygens (including phenoxy) is 1. The fraction of sp³-hybridized carbons (Fsp3) is 0.0667. The number of amides is 1. The zero-order valence-electron chi connectivity index (χ0n) is 11.4. The van der Waals surface area contributed by atoms with E-state index in [1.54, 1.807) is 43.5 Å². The van der Waals surface area contributed by atoms with Crippen molar-refractivity contribution in [1.29, 1.82) is 0 Å². The van der Waals surface area contributed by atoms with Crippen molar-refractivity contribution in [2.75, 3.05) is 12.4 Å². The third-order valence-electron chi connectivity index (χ3n) is 2.97. The lowest BCUT2D eigenvalue weighted by Gasteiger charge is -2.01. The largest absolute Gasteiger partial charge is 0.495 e. The summed E-state index contributed by atoms with van der Waals surface area (Å²) in [6.07, 6.45) is 0. The quantitative estimate of drug-likeness (QED) is 0.731. The summed E-state index contributed by atoms with van der Waals surface area (Å²) in [6, 6.07) is 10.2. The second-order valence-corrected chi connectivity index (χ2v) is 6.31. The van der Waals surface area contributed by atoms with Gasteiger partial charge in [-0.3, -0.25) is 10.1 Å². The van der Waals surface area contributed by atoms with Crippen molar-refractivity contribution < 1.29 is 9.53 Å². The molecule has 3 aromatic rings.